The Morgan fingerprint density at radius 3 is 2.92 bits per heavy atom. The summed E-state index contributed by atoms with van der Waals surface area (Å²) in [5, 5.41) is 12.7. The van der Waals surface area contributed by atoms with E-state index in [1.54, 1.807) is 13.0 Å². The van der Waals surface area contributed by atoms with Crippen LogP contribution in [0.3, 0.4) is 0 Å². The van der Waals surface area contributed by atoms with Crippen molar-refractivity contribution in [2.45, 2.75) is 25.8 Å². The van der Waals surface area contributed by atoms with Crippen molar-refractivity contribution in [3.63, 3.8) is 0 Å². The van der Waals surface area contributed by atoms with Gasteiger partial charge in [0.2, 0.25) is 0 Å². The molecular weight excluding hydrogens is 333 g/mol. The molecule has 2 aromatic rings. The van der Waals surface area contributed by atoms with E-state index in [0.29, 0.717) is 35.5 Å². The van der Waals surface area contributed by atoms with E-state index in [2.05, 4.69) is 5.32 Å². The topological polar surface area (TPSA) is 75.6 Å². The van der Waals surface area contributed by atoms with Gasteiger partial charge in [0.1, 0.15) is 11.9 Å². The Balaban J connectivity index is 1.85. The Morgan fingerprint density at radius 2 is 2.25 bits per heavy atom. The molecule has 1 aromatic heterocycles. The van der Waals surface area contributed by atoms with Crippen molar-refractivity contribution < 1.29 is 23.8 Å². The summed E-state index contributed by atoms with van der Waals surface area (Å²) in [7, 11) is 0. The van der Waals surface area contributed by atoms with Crippen molar-refractivity contribution in [2.24, 2.45) is 5.92 Å². The minimum Gasteiger partial charge on any atom is -0.480 e. The van der Waals surface area contributed by atoms with Gasteiger partial charge in [-0.05, 0) is 48.9 Å². The van der Waals surface area contributed by atoms with Gasteiger partial charge in [-0.2, -0.15) is 0 Å². The van der Waals surface area contributed by atoms with Gasteiger partial charge < -0.3 is 15.2 Å². The number of hydrogen-bond donors (Lipinski definition) is 2. The fraction of sp³-hybridized carbons (Fsp3) is 0.412. The molecule has 128 valence electrons. The molecule has 2 atom stereocenters. The summed E-state index contributed by atoms with van der Waals surface area (Å²) >= 11 is 1.24. The van der Waals surface area contributed by atoms with Crippen LogP contribution in [-0.4, -0.2) is 36.2 Å². The number of amides is 1. The number of carbonyl (C=O) groups is 2. The Hall–Kier alpha value is -1.99. The van der Waals surface area contributed by atoms with Crippen LogP contribution in [0.4, 0.5) is 4.39 Å². The molecule has 0 bridgehead atoms. The van der Waals surface area contributed by atoms with E-state index in [1.165, 1.54) is 23.5 Å². The molecule has 1 aliphatic heterocycles. The highest BCUT2D eigenvalue weighted by Crippen LogP contribution is 2.31. The van der Waals surface area contributed by atoms with Gasteiger partial charge in [0, 0.05) is 17.2 Å². The van der Waals surface area contributed by atoms with E-state index >= 15 is 0 Å². The number of carboxylic acid groups (broad SMARTS) is 1. The van der Waals surface area contributed by atoms with Crippen LogP contribution in [-0.2, 0) is 9.53 Å². The third-order valence-electron chi connectivity index (χ3n) is 4.32. The molecule has 0 aliphatic carbocycles. The van der Waals surface area contributed by atoms with Crippen LogP contribution in [0.2, 0.25) is 0 Å². The standard InChI is InChI=1S/C17H18FNO4S/c1-9-12-7-11(18)4-5-13(12)24-15(9)16(20)19-14(17(21)22)10-3-2-6-23-8-10/h4-5,7,10,14H,2-3,6,8H2,1H3,(H,19,20)(H,21,22). The number of aliphatic carboxylic acids is 1. The summed E-state index contributed by atoms with van der Waals surface area (Å²) in [6.45, 7) is 2.69. The summed E-state index contributed by atoms with van der Waals surface area (Å²) < 4.78 is 19.5. The number of fused-ring (bicyclic) bond motifs is 1. The van der Waals surface area contributed by atoms with Crippen molar-refractivity contribution in [3.05, 3.63) is 34.5 Å². The number of carboxylic acids is 1. The second-order valence-corrected chi connectivity index (χ2v) is 7.02. The summed E-state index contributed by atoms with van der Waals surface area (Å²) in [4.78, 5) is 24.5. The zero-order valence-corrected chi connectivity index (χ0v) is 14.0. The van der Waals surface area contributed by atoms with Crippen LogP contribution in [0.1, 0.15) is 28.1 Å². The first-order valence-electron chi connectivity index (χ1n) is 7.77. The molecule has 1 aliphatic rings. The van der Waals surface area contributed by atoms with Gasteiger partial charge in [-0.1, -0.05) is 0 Å². The monoisotopic (exact) mass is 351 g/mol. The highest BCUT2D eigenvalue weighted by molar-refractivity contribution is 7.21. The van der Waals surface area contributed by atoms with E-state index < -0.39 is 17.9 Å². The highest BCUT2D eigenvalue weighted by Gasteiger charge is 2.32. The predicted molar refractivity (Wildman–Crippen MR) is 89.0 cm³/mol. The molecule has 1 saturated heterocycles. The molecule has 0 spiro atoms. The first-order chi connectivity index (χ1) is 11.5. The molecule has 3 rings (SSSR count). The number of nitrogens with one attached hydrogen (secondary N) is 1. The molecule has 7 heteroatoms. The van der Waals surface area contributed by atoms with Crippen LogP contribution >= 0.6 is 11.3 Å². The molecular formula is C17H18FNO4S. The van der Waals surface area contributed by atoms with Gasteiger partial charge in [-0.25, -0.2) is 9.18 Å². The lowest BCUT2D eigenvalue weighted by molar-refractivity contribution is -0.142. The van der Waals surface area contributed by atoms with Crippen molar-refractivity contribution >= 4 is 33.3 Å². The minimum atomic E-state index is -1.07. The smallest absolute Gasteiger partial charge is 0.326 e. The zero-order valence-electron chi connectivity index (χ0n) is 13.2. The molecule has 0 radical (unpaired) electrons. The lowest BCUT2D eigenvalue weighted by Crippen LogP contribution is -2.48. The number of rotatable bonds is 4. The van der Waals surface area contributed by atoms with Crippen LogP contribution in [0.5, 0.6) is 0 Å². The zero-order chi connectivity index (χ0) is 17.3. The van der Waals surface area contributed by atoms with Gasteiger partial charge in [0.15, 0.2) is 0 Å². The number of aryl methyl sites for hydroxylation is 1. The normalized spacial score (nSPS) is 19.2. The molecule has 24 heavy (non-hydrogen) atoms. The maximum atomic E-state index is 13.4. The number of thiophene rings is 1. The maximum absolute atomic E-state index is 13.4. The fourth-order valence-corrected chi connectivity index (χ4v) is 4.12. The molecule has 1 amide bonds. The molecule has 1 aromatic carbocycles. The summed E-state index contributed by atoms with van der Waals surface area (Å²) in [5.74, 6) is -2.11. The first-order valence-corrected chi connectivity index (χ1v) is 8.59. The SMILES string of the molecule is Cc1c(C(=O)NC(C(=O)O)C2CCCOC2)sc2ccc(F)cc12. The second kappa shape index (κ2) is 6.86. The summed E-state index contributed by atoms with van der Waals surface area (Å²) in [5.41, 5.74) is 0.663. The fourth-order valence-electron chi connectivity index (χ4n) is 3.03. The molecule has 2 unspecified atom stereocenters. The third-order valence-corrected chi connectivity index (χ3v) is 5.60. The number of halogens is 1. The summed E-state index contributed by atoms with van der Waals surface area (Å²) in [6.07, 6.45) is 1.49. The average molecular weight is 351 g/mol. The quantitative estimate of drug-likeness (QED) is 0.888. The maximum Gasteiger partial charge on any atom is 0.326 e. The largest absolute Gasteiger partial charge is 0.480 e. The Bertz CT molecular complexity index is 782. The average Bonchev–Trinajstić information content (AvgIpc) is 2.89. The van der Waals surface area contributed by atoms with Crippen molar-refractivity contribution in [2.75, 3.05) is 13.2 Å². The second-order valence-electron chi connectivity index (χ2n) is 5.96. The molecule has 1 fully saturated rings. The van der Waals surface area contributed by atoms with Crippen molar-refractivity contribution in [1.29, 1.82) is 0 Å². The Morgan fingerprint density at radius 1 is 1.46 bits per heavy atom. The van der Waals surface area contributed by atoms with Crippen LogP contribution in [0.15, 0.2) is 18.2 Å². The molecule has 0 saturated carbocycles. The lowest BCUT2D eigenvalue weighted by atomic mass is 9.93. The molecule has 2 N–H and O–H groups in total. The number of carbonyl (C=O) groups excluding carboxylic acids is 1. The van der Waals surface area contributed by atoms with E-state index in [1.807, 2.05) is 0 Å². The van der Waals surface area contributed by atoms with Gasteiger partial charge in [-0.3, -0.25) is 4.79 Å². The van der Waals surface area contributed by atoms with Crippen LogP contribution < -0.4 is 5.32 Å². The van der Waals surface area contributed by atoms with Crippen LogP contribution in [0, 0.1) is 18.7 Å². The Labute approximate surface area is 142 Å². The Kier molecular flexibility index (Phi) is 4.82. The molecule has 2 heterocycles. The van der Waals surface area contributed by atoms with Gasteiger partial charge in [-0.15, -0.1) is 11.3 Å². The number of hydrogen-bond acceptors (Lipinski definition) is 4. The van der Waals surface area contributed by atoms with Gasteiger partial charge >= 0.3 is 5.97 Å². The lowest BCUT2D eigenvalue weighted by Gasteiger charge is -2.28. The van der Waals surface area contributed by atoms with Crippen molar-refractivity contribution in [3.8, 4) is 0 Å². The molecule has 5 nitrogen and oxygen atoms in total. The van der Waals surface area contributed by atoms with Crippen molar-refractivity contribution in [1.82, 2.24) is 5.32 Å². The van der Waals surface area contributed by atoms with Gasteiger partial charge in [0.05, 0.1) is 11.5 Å². The highest BCUT2D eigenvalue weighted by atomic mass is 32.1. The van der Waals surface area contributed by atoms with E-state index in [-0.39, 0.29) is 11.7 Å². The van der Waals surface area contributed by atoms with E-state index in [0.717, 1.165) is 11.1 Å². The summed E-state index contributed by atoms with van der Waals surface area (Å²) in [6, 6.07) is 3.38. The van der Waals surface area contributed by atoms with Gasteiger partial charge in [0.25, 0.3) is 5.91 Å². The number of ether oxygens (including phenoxy) is 1. The minimum absolute atomic E-state index is 0.243. The van der Waals surface area contributed by atoms with Crippen LogP contribution in [0.25, 0.3) is 10.1 Å². The predicted octanol–water partition coefficient (Wildman–Crippen LogP) is 2.96. The third kappa shape index (κ3) is 3.27. The van der Waals surface area contributed by atoms with E-state index in [4.69, 9.17) is 4.74 Å². The first kappa shape index (κ1) is 16.9. The van der Waals surface area contributed by atoms with E-state index in [9.17, 15) is 19.1 Å². The number of benzene rings is 1.